The molecule has 3 aromatic heterocycles. The molecule has 0 aliphatic carbocycles. The number of para-hydroxylation sites is 4. The number of furan rings is 1. The molecule has 8 aromatic carbocycles. The zero-order valence-electron chi connectivity index (χ0n) is 36.3. The molecule has 0 spiro atoms. The van der Waals surface area contributed by atoms with E-state index in [1.54, 1.807) is 0 Å². The van der Waals surface area contributed by atoms with Crippen LogP contribution in [0, 0.1) is 36.6 Å². The molecule has 0 atom stereocenters. The normalized spacial score (nSPS) is 13.0. The van der Waals surface area contributed by atoms with Gasteiger partial charge < -0.3 is 49.7 Å². The average molecular weight is 1250 g/mol. The van der Waals surface area contributed by atoms with Crippen LogP contribution < -0.4 is 51.7 Å². The Morgan fingerprint density at radius 2 is 0.797 bits per heavy atom. The fourth-order valence-electron chi connectivity index (χ4n) is 10.3. The Hall–Kier alpha value is -7.31. The number of ether oxygens (including phenoxy) is 4. The molecule has 13 heteroatoms. The van der Waals surface area contributed by atoms with Crippen LogP contribution in [-0.4, -0.2) is 32.5 Å². The van der Waals surface area contributed by atoms with Gasteiger partial charge in [-0.25, -0.2) is 12.1 Å². The second-order valence-electron chi connectivity index (χ2n) is 17.2. The van der Waals surface area contributed by atoms with Gasteiger partial charge in [-0.1, -0.05) is 42.2 Å². The van der Waals surface area contributed by atoms with Crippen LogP contribution in [0.2, 0.25) is 0 Å². The van der Waals surface area contributed by atoms with E-state index < -0.39 is 0 Å². The predicted molar refractivity (Wildman–Crippen MR) is 257 cm³/mol. The summed E-state index contributed by atoms with van der Waals surface area (Å²) in [5.74, 6) is 7.89. The molecule has 0 amide bonds. The van der Waals surface area contributed by atoms with E-state index >= 15 is 0 Å². The van der Waals surface area contributed by atoms with Crippen LogP contribution in [0.4, 0.5) is 0 Å². The first-order valence-electron chi connectivity index (χ1n) is 22.0. The molecule has 69 heavy (non-hydrogen) atoms. The second-order valence-corrected chi connectivity index (χ2v) is 17.2. The maximum Gasteiger partial charge on any atom is 0.220 e. The summed E-state index contributed by atoms with van der Waals surface area (Å²) in [6, 6.07) is 62.4. The van der Waals surface area contributed by atoms with E-state index in [0.29, 0.717) is 28.4 Å². The molecule has 0 saturated carbocycles. The van der Waals surface area contributed by atoms with Crippen LogP contribution in [0.25, 0.3) is 67.3 Å². The molecule has 0 radical (unpaired) electrons. The summed E-state index contributed by atoms with van der Waals surface area (Å²) < 4.78 is 36.6. The van der Waals surface area contributed by atoms with Crippen LogP contribution in [0.15, 0.2) is 138 Å². The summed E-state index contributed by atoms with van der Waals surface area (Å²) in [6.45, 7) is -0.567. The third-order valence-electron chi connectivity index (χ3n) is 13.5. The van der Waals surface area contributed by atoms with Crippen molar-refractivity contribution in [3.05, 3.63) is 170 Å². The number of rotatable bonds is 4. The van der Waals surface area contributed by atoms with Crippen LogP contribution in [-0.2, 0) is 56.2 Å². The molecule has 0 N–H and O–H groups in total. The zero-order valence-corrected chi connectivity index (χ0v) is 40.9. The molecule has 7 heterocycles. The number of hydrogen-bond donors (Lipinski definition) is 0. The SMILES string of the molecule is Cn1c(-c2[c-]c3c(cc2)Oc2cccc4c2B3c2[c-]c(-c3[c-]oc(-c5[c-]c6c(cc5)Oc5cccc7c5B6c5[c-]c(-c6nc8ccccc8n6C)ccc5O7)[c-]3)ccc2O4)nc2ccccc21.[Pt].[Pt]. The third kappa shape index (κ3) is 6.19. The van der Waals surface area contributed by atoms with Gasteiger partial charge in [0.1, 0.15) is 23.0 Å². The molecule has 9 nitrogen and oxygen atoms in total. The van der Waals surface area contributed by atoms with Gasteiger partial charge in [-0.3, -0.25) is 9.97 Å². The summed E-state index contributed by atoms with van der Waals surface area (Å²) in [6.07, 6.45) is 3.14. The van der Waals surface area contributed by atoms with E-state index in [1.165, 1.54) is 0 Å². The van der Waals surface area contributed by atoms with E-state index in [9.17, 15) is 0 Å². The van der Waals surface area contributed by atoms with Crippen LogP contribution in [0.3, 0.4) is 0 Å². The fraction of sp³-hybridized carbons (Fsp3) is 0.0357. The molecule has 4 aliphatic heterocycles. The topological polar surface area (TPSA) is 85.7 Å². The third-order valence-corrected chi connectivity index (χ3v) is 13.5. The van der Waals surface area contributed by atoms with Crippen molar-refractivity contribution in [3.8, 4) is 91.2 Å². The second kappa shape index (κ2) is 15.6. The van der Waals surface area contributed by atoms with E-state index in [1.807, 2.05) is 135 Å². The number of aryl methyl sites for hydroxylation is 2. The molecule has 0 saturated heterocycles. The molecule has 11 aromatic rings. The van der Waals surface area contributed by atoms with E-state index in [2.05, 4.69) is 57.9 Å². The maximum atomic E-state index is 6.55. The number of nitrogens with zero attached hydrogens (tertiary/aromatic N) is 4. The predicted octanol–water partition coefficient (Wildman–Crippen LogP) is 7.97. The minimum Gasteiger partial charge on any atom is -0.631 e. The van der Waals surface area contributed by atoms with Gasteiger partial charge in [0.15, 0.2) is 0 Å². The minimum atomic E-state index is -0.287. The van der Waals surface area contributed by atoms with Gasteiger partial charge in [-0.15, -0.1) is 105 Å². The first-order chi connectivity index (χ1) is 33.0. The number of benzene rings is 8. The van der Waals surface area contributed by atoms with Crippen molar-refractivity contribution < 1.29 is 65.5 Å². The Morgan fingerprint density at radius 3 is 1.25 bits per heavy atom. The van der Waals surface area contributed by atoms with Crippen molar-refractivity contribution in [1.29, 1.82) is 0 Å². The summed E-state index contributed by atoms with van der Waals surface area (Å²) in [5.41, 5.74) is 13.0. The number of imidazole rings is 2. The van der Waals surface area contributed by atoms with Gasteiger partial charge in [-0.2, -0.15) is 0 Å². The van der Waals surface area contributed by atoms with Gasteiger partial charge in [-0.05, 0) is 48.5 Å². The zero-order chi connectivity index (χ0) is 44.1. The first kappa shape index (κ1) is 41.8. The van der Waals surface area contributed by atoms with Crippen molar-refractivity contribution in [1.82, 2.24) is 19.1 Å². The summed E-state index contributed by atoms with van der Waals surface area (Å²) in [7, 11) is 4.07. The van der Waals surface area contributed by atoms with Crippen LogP contribution in [0.1, 0.15) is 0 Å². The molecule has 15 rings (SSSR count). The summed E-state index contributed by atoms with van der Waals surface area (Å²) in [5, 5.41) is 0. The minimum absolute atomic E-state index is 0. The van der Waals surface area contributed by atoms with Crippen molar-refractivity contribution in [2.45, 2.75) is 0 Å². The molecular formula is C56H28B2N4O5Pt2-6. The van der Waals surface area contributed by atoms with Crippen molar-refractivity contribution in [3.63, 3.8) is 0 Å². The van der Waals surface area contributed by atoms with E-state index in [0.717, 1.165) is 118 Å². The van der Waals surface area contributed by atoms with Crippen LogP contribution >= 0.6 is 0 Å². The van der Waals surface area contributed by atoms with Crippen molar-refractivity contribution >= 4 is 68.3 Å². The molecular weight excluding hydrogens is 1220 g/mol. The molecule has 0 unspecified atom stereocenters. The standard InChI is InChI=1S/C56H28B2N4O5.2Pt/c1-61-42-11-5-3-9-40(42)59-55(61)33-19-23-46-38(27-33)57-36-25-31(17-21-44(36)64-48-13-7-14-49(66-46)53(48)57)35-29-52(63-30-35)32-18-22-45-37(26-32)58-39-28-34(56-60-41-10-4-6-12-43(41)62(56)2)20-24-47(39)67-51-16-8-15-50(65-45)54(51)58;;/h3-24H,1-2H3;;/q-6;;. The number of fused-ring (bicyclic) bond motifs is 10. The van der Waals surface area contributed by atoms with Gasteiger partial charge >= 0.3 is 0 Å². The van der Waals surface area contributed by atoms with Gasteiger partial charge in [0.2, 0.25) is 13.4 Å². The number of aromatic nitrogens is 4. The van der Waals surface area contributed by atoms with Crippen molar-refractivity contribution in [2.75, 3.05) is 0 Å². The molecule has 4 aliphatic rings. The van der Waals surface area contributed by atoms with Crippen LogP contribution in [0.5, 0.6) is 46.0 Å². The Bertz CT molecular complexity index is 3690. The van der Waals surface area contributed by atoms with Gasteiger partial charge in [0.25, 0.3) is 0 Å². The Kier molecular flexibility index (Phi) is 9.47. The Labute approximate surface area is 425 Å². The van der Waals surface area contributed by atoms with Gasteiger partial charge in [0, 0.05) is 90.1 Å². The first-order valence-corrected chi connectivity index (χ1v) is 22.0. The monoisotopic (exact) mass is 1250 g/mol. The molecule has 0 fully saturated rings. The Balaban J connectivity index is 0.00000234. The fourth-order valence-corrected chi connectivity index (χ4v) is 10.3. The summed E-state index contributed by atoms with van der Waals surface area (Å²) in [4.78, 5) is 9.97. The van der Waals surface area contributed by atoms with E-state index in [-0.39, 0.29) is 55.6 Å². The average Bonchev–Trinajstić information content (AvgIpc) is 4.09. The van der Waals surface area contributed by atoms with E-state index in [4.69, 9.17) is 33.3 Å². The maximum absolute atomic E-state index is 6.55. The van der Waals surface area contributed by atoms with Gasteiger partial charge in [0.05, 0.1) is 33.7 Å². The quantitative estimate of drug-likeness (QED) is 0.131. The Morgan fingerprint density at radius 1 is 0.406 bits per heavy atom. The largest absolute Gasteiger partial charge is 0.631 e. The number of hydrogen-bond acceptors (Lipinski definition) is 7. The van der Waals surface area contributed by atoms with Crippen molar-refractivity contribution in [2.24, 2.45) is 14.1 Å². The summed E-state index contributed by atoms with van der Waals surface area (Å²) >= 11 is 0. The smallest absolute Gasteiger partial charge is 0.220 e. The molecule has 0 bridgehead atoms. The molecule has 334 valence electrons.